The molecule has 3 aromatic heterocycles. The fraction of sp³-hybridized carbons (Fsp3) is 0.217. The van der Waals surface area contributed by atoms with Gasteiger partial charge in [0, 0.05) is 39.9 Å². The minimum Gasteiger partial charge on any atom is -0.315 e. The van der Waals surface area contributed by atoms with E-state index < -0.39 is 5.82 Å². The Kier molecular flexibility index (Phi) is 5.36. The first-order chi connectivity index (χ1) is 15.7. The van der Waals surface area contributed by atoms with Crippen molar-refractivity contribution in [3.63, 3.8) is 0 Å². The standard InChI is InChI=1S/C23H18FN7S/c24-19-3-4-21(15(6-19)8-25)32-22-7-16(13-31-23(22)17(9-26)10-29-31)18-11-28-30(14-18)20-2-1-5-27-12-20/h3-4,6-7,10-11,13-14,20,27H,1-2,5,12H2/t20-/m0/s1. The molecule has 0 spiro atoms. The zero-order valence-electron chi connectivity index (χ0n) is 17.0. The molecule has 0 saturated carbocycles. The maximum Gasteiger partial charge on any atom is 0.124 e. The van der Waals surface area contributed by atoms with Gasteiger partial charge in [0.25, 0.3) is 0 Å². The number of hydrogen-bond donors (Lipinski definition) is 1. The molecule has 1 N–H and O–H groups in total. The van der Waals surface area contributed by atoms with E-state index in [1.165, 1.54) is 30.1 Å². The van der Waals surface area contributed by atoms with Gasteiger partial charge in [0.05, 0.1) is 35.1 Å². The zero-order valence-corrected chi connectivity index (χ0v) is 17.8. The maximum atomic E-state index is 13.6. The van der Waals surface area contributed by atoms with Crippen LogP contribution in [0.3, 0.4) is 0 Å². The molecule has 1 atom stereocenters. The molecule has 5 rings (SSSR count). The average Bonchev–Trinajstić information content (AvgIpc) is 3.48. The van der Waals surface area contributed by atoms with E-state index in [2.05, 4.69) is 21.6 Å². The van der Waals surface area contributed by atoms with Crippen molar-refractivity contribution in [2.45, 2.75) is 28.7 Å². The van der Waals surface area contributed by atoms with Gasteiger partial charge < -0.3 is 5.32 Å². The van der Waals surface area contributed by atoms with E-state index in [-0.39, 0.29) is 5.56 Å². The van der Waals surface area contributed by atoms with Crippen molar-refractivity contribution in [3.05, 3.63) is 66.0 Å². The molecule has 4 aromatic rings. The Morgan fingerprint density at radius 3 is 2.69 bits per heavy atom. The fourth-order valence-electron chi connectivity index (χ4n) is 3.94. The number of pyridine rings is 1. The summed E-state index contributed by atoms with van der Waals surface area (Å²) in [6, 6.07) is 10.6. The van der Waals surface area contributed by atoms with E-state index >= 15 is 0 Å². The van der Waals surface area contributed by atoms with Gasteiger partial charge in [-0.2, -0.15) is 20.7 Å². The number of rotatable bonds is 4. The number of aromatic nitrogens is 4. The van der Waals surface area contributed by atoms with Crippen molar-refractivity contribution in [2.24, 2.45) is 0 Å². The summed E-state index contributed by atoms with van der Waals surface area (Å²) in [5, 5.41) is 31.3. The summed E-state index contributed by atoms with van der Waals surface area (Å²) in [4.78, 5) is 1.37. The molecule has 0 unspecified atom stereocenters. The average molecular weight is 444 g/mol. The monoisotopic (exact) mass is 443 g/mol. The van der Waals surface area contributed by atoms with Crippen LogP contribution in [0.5, 0.6) is 0 Å². The van der Waals surface area contributed by atoms with E-state index in [4.69, 9.17) is 0 Å². The summed E-state index contributed by atoms with van der Waals surface area (Å²) < 4.78 is 17.3. The van der Waals surface area contributed by atoms with Gasteiger partial charge in [0.15, 0.2) is 0 Å². The van der Waals surface area contributed by atoms with Gasteiger partial charge in [-0.25, -0.2) is 8.91 Å². The molecule has 0 aliphatic carbocycles. The highest BCUT2D eigenvalue weighted by molar-refractivity contribution is 7.99. The molecule has 1 aromatic carbocycles. The van der Waals surface area contributed by atoms with E-state index in [9.17, 15) is 14.9 Å². The molecule has 1 aliphatic heterocycles. The van der Waals surface area contributed by atoms with Crippen LogP contribution in [0.15, 0.2) is 58.8 Å². The number of nitrogens with one attached hydrogen (secondary N) is 1. The quantitative estimate of drug-likeness (QED) is 0.509. The number of fused-ring (bicyclic) bond motifs is 1. The van der Waals surface area contributed by atoms with Crippen molar-refractivity contribution in [1.82, 2.24) is 24.7 Å². The molecular weight excluding hydrogens is 425 g/mol. The summed E-state index contributed by atoms with van der Waals surface area (Å²) in [5.41, 5.74) is 3.16. The fourth-order valence-corrected chi connectivity index (χ4v) is 5.02. The maximum absolute atomic E-state index is 13.6. The van der Waals surface area contributed by atoms with Crippen molar-refractivity contribution in [2.75, 3.05) is 13.1 Å². The first kappa shape index (κ1) is 20.3. The largest absolute Gasteiger partial charge is 0.315 e. The smallest absolute Gasteiger partial charge is 0.124 e. The van der Waals surface area contributed by atoms with Crippen molar-refractivity contribution < 1.29 is 4.39 Å². The van der Waals surface area contributed by atoms with Gasteiger partial charge in [-0.3, -0.25) is 4.68 Å². The van der Waals surface area contributed by atoms with E-state index in [1.807, 2.05) is 35.4 Å². The third-order valence-corrected chi connectivity index (χ3v) is 6.67. The SMILES string of the molecule is N#Cc1cc(F)ccc1Sc1cc(-c2cnn([C@H]3CCCNC3)c2)cn2ncc(C#N)c12. The van der Waals surface area contributed by atoms with Gasteiger partial charge in [-0.15, -0.1) is 0 Å². The minimum atomic E-state index is -0.462. The lowest BCUT2D eigenvalue weighted by atomic mass is 10.1. The first-order valence-corrected chi connectivity index (χ1v) is 11.0. The molecule has 4 heterocycles. The van der Waals surface area contributed by atoms with Crippen LogP contribution in [0.4, 0.5) is 4.39 Å². The second-order valence-corrected chi connectivity index (χ2v) is 8.70. The number of halogens is 1. The summed E-state index contributed by atoms with van der Waals surface area (Å²) in [5.74, 6) is -0.462. The Morgan fingerprint density at radius 2 is 1.91 bits per heavy atom. The molecule has 158 valence electrons. The molecule has 7 nitrogen and oxygen atoms in total. The first-order valence-electron chi connectivity index (χ1n) is 10.2. The van der Waals surface area contributed by atoms with Gasteiger partial charge in [-0.1, -0.05) is 11.8 Å². The van der Waals surface area contributed by atoms with Crippen LogP contribution in [0.1, 0.15) is 30.0 Å². The highest BCUT2D eigenvalue weighted by Crippen LogP contribution is 2.37. The molecule has 0 amide bonds. The topological polar surface area (TPSA) is 94.7 Å². The van der Waals surface area contributed by atoms with Crippen LogP contribution in [0, 0.1) is 28.5 Å². The van der Waals surface area contributed by atoms with Crippen molar-refractivity contribution in [1.29, 1.82) is 10.5 Å². The van der Waals surface area contributed by atoms with E-state index in [0.29, 0.717) is 22.0 Å². The molecule has 32 heavy (non-hydrogen) atoms. The molecule has 1 saturated heterocycles. The van der Waals surface area contributed by atoms with Crippen LogP contribution < -0.4 is 5.32 Å². The predicted octanol–water partition coefficient (Wildman–Crippen LogP) is 4.16. The number of nitriles is 2. The second-order valence-electron chi connectivity index (χ2n) is 7.62. The molecular formula is C23H18FN7S. The Bertz CT molecular complexity index is 1390. The van der Waals surface area contributed by atoms with Crippen LogP contribution >= 0.6 is 11.8 Å². The molecule has 1 aliphatic rings. The van der Waals surface area contributed by atoms with Gasteiger partial charge in [-0.05, 0) is 43.7 Å². The van der Waals surface area contributed by atoms with Crippen molar-refractivity contribution >= 4 is 17.3 Å². The summed E-state index contributed by atoms with van der Waals surface area (Å²) in [6.45, 7) is 1.93. The molecule has 0 bridgehead atoms. The van der Waals surface area contributed by atoms with Gasteiger partial charge in [0.2, 0.25) is 0 Å². The lowest BCUT2D eigenvalue weighted by molar-refractivity contribution is 0.347. The van der Waals surface area contributed by atoms with Crippen LogP contribution in [-0.4, -0.2) is 32.5 Å². The normalized spacial score (nSPS) is 16.0. The molecule has 0 radical (unpaired) electrons. The number of piperidine rings is 1. The summed E-state index contributed by atoms with van der Waals surface area (Å²) in [6.07, 6.45) is 9.46. The van der Waals surface area contributed by atoms with E-state index in [0.717, 1.165) is 42.0 Å². The highest BCUT2D eigenvalue weighted by Gasteiger charge is 2.18. The Hall–Kier alpha value is -3.66. The number of benzene rings is 1. The third kappa shape index (κ3) is 3.73. The lowest BCUT2D eigenvalue weighted by Gasteiger charge is -2.22. The molecule has 9 heteroatoms. The summed E-state index contributed by atoms with van der Waals surface area (Å²) in [7, 11) is 0. The third-order valence-electron chi connectivity index (χ3n) is 5.56. The minimum absolute atomic E-state index is 0.245. The van der Waals surface area contributed by atoms with Crippen LogP contribution in [0.25, 0.3) is 16.6 Å². The number of hydrogen-bond acceptors (Lipinski definition) is 6. The van der Waals surface area contributed by atoms with Crippen molar-refractivity contribution in [3.8, 4) is 23.3 Å². The zero-order chi connectivity index (χ0) is 22.1. The summed E-state index contributed by atoms with van der Waals surface area (Å²) >= 11 is 1.32. The molecule has 1 fully saturated rings. The van der Waals surface area contributed by atoms with Crippen LogP contribution in [-0.2, 0) is 0 Å². The highest BCUT2D eigenvalue weighted by atomic mass is 32.2. The van der Waals surface area contributed by atoms with Crippen LogP contribution in [0.2, 0.25) is 0 Å². The second kappa shape index (κ2) is 8.46. The Balaban J connectivity index is 1.58. The van der Waals surface area contributed by atoms with E-state index in [1.54, 1.807) is 10.6 Å². The Morgan fingerprint density at radius 1 is 1.03 bits per heavy atom. The Labute approximate surface area is 188 Å². The number of nitrogens with zero attached hydrogens (tertiary/aromatic N) is 6. The van der Waals surface area contributed by atoms with Gasteiger partial charge >= 0.3 is 0 Å². The predicted molar refractivity (Wildman–Crippen MR) is 118 cm³/mol. The lowest BCUT2D eigenvalue weighted by Crippen LogP contribution is -2.31. The van der Waals surface area contributed by atoms with Gasteiger partial charge in [0.1, 0.15) is 18.0 Å².